The standard InChI is InChI=1S/C11H20N2O6/c1-7(12-9(15)19-11(2,3)4)8(14)13(5,18-6)10(16)17/h7H,1-6H3,(H-,12,15,16,17)/p+1/t7-,13?/m0/s1. The molecule has 0 spiro atoms. The number of rotatable bonds is 3. The van der Waals surface area contributed by atoms with Crippen molar-refractivity contribution in [3.8, 4) is 0 Å². The number of hydrogen-bond acceptors (Lipinski definition) is 5. The molecule has 8 nitrogen and oxygen atoms in total. The molecule has 0 aromatic carbocycles. The second kappa shape index (κ2) is 5.98. The molecule has 0 aliphatic heterocycles. The quantitative estimate of drug-likeness (QED) is 0.592. The fourth-order valence-corrected chi connectivity index (χ4v) is 1.18. The van der Waals surface area contributed by atoms with Crippen LogP contribution in [0.3, 0.4) is 0 Å². The lowest BCUT2D eigenvalue weighted by atomic mass is 10.2. The van der Waals surface area contributed by atoms with E-state index in [1.54, 1.807) is 20.8 Å². The number of hydroxylamine groups is 3. The average molecular weight is 277 g/mol. The highest BCUT2D eigenvalue weighted by molar-refractivity contribution is 5.85. The molecule has 0 radical (unpaired) electrons. The number of quaternary nitrogens is 1. The van der Waals surface area contributed by atoms with E-state index in [2.05, 4.69) is 10.2 Å². The molecule has 0 saturated carbocycles. The largest absolute Gasteiger partial charge is 0.554 e. The number of amides is 3. The second-order valence-corrected chi connectivity index (χ2v) is 5.10. The Balaban J connectivity index is 4.76. The molecule has 19 heavy (non-hydrogen) atoms. The molecule has 1 unspecified atom stereocenters. The molecule has 0 aromatic rings. The van der Waals surface area contributed by atoms with Crippen LogP contribution in [-0.4, -0.2) is 53.6 Å². The van der Waals surface area contributed by atoms with E-state index in [0.29, 0.717) is 0 Å². The summed E-state index contributed by atoms with van der Waals surface area (Å²) < 4.78 is 3.67. The Bertz CT molecular complexity index is 376. The van der Waals surface area contributed by atoms with Crippen LogP contribution in [0.15, 0.2) is 0 Å². The third-order valence-electron chi connectivity index (χ3n) is 2.25. The zero-order chi connectivity index (χ0) is 15.4. The van der Waals surface area contributed by atoms with Gasteiger partial charge in [0.15, 0.2) is 0 Å². The fourth-order valence-electron chi connectivity index (χ4n) is 1.18. The van der Waals surface area contributed by atoms with Crippen molar-refractivity contribution in [3.05, 3.63) is 0 Å². The van der Waals surface area contributed by atoms with Gasteiger partial charge in [0.05, 0.1) is 7.11 Å². The number of carboxylic acid groups (broad SMARTS) is 1. The van der Waals surface area contributed by atoms with Crippen molar-refractivity contribution < 1.29 is 33.7 Å². The predicted octanol–water partition coefficient (Wildman–Crippen LogP) is 1.11. The minimum Gasteiger partial charge on any atom is -0.444 e. The topological polar surface area (TPSA) is 102 Å². The maximum absolute atomic E-state index is 11.9. The van der Waals surface area contributed by atoms with Crippen LogP contribution < -0.4 is 5.32 Å². The smallest absolute Gasteiger partial charge is 0.444 e. The van der Waals surface area contributed by atoms with Crippen LogP contribution in [-0.2, 0) is 14.4 Å². The highest BCUT2D eigenvalue weighted by Gasteiger charge is 2.46. The molecule has 3 amide bonds. The molecule has 8 heteroatoms. The fraction of sp³-hybridized carbons (Fsp3) is 0.727. The van der Waals surface area contributed by atoms with Crippen molar-refractivity contribution in [3.63, 3.8) is 0 Å². The number of nitrogens with one attached hydrogen (secondary N) is 1. The summed E-state index contributed by atoms with van der Waals surface area (Å²) in [6.45, 7) is 6.37. The molecule has 0 aliphatic rings. The van der Waals surface area contributed by atoms with Crippen LogP contribution >= 0.6 is 0 Å². The van der Waals surface area contributed by atoms with E-state index >= 15 is 0 Å². The van der Waals surface area contributed by atoms with Gasteiger partial charge in [0.2, 0.25) is 0 Å². The number of alkyl carbamates (subject to hydrolysis) is 1. The maximum Gasteiger partial charge on any atom is 0.554 e. The summed E-state index contributed by atoms with van der Waals surface area (Å²) in [4.78, 5) is 39.1. The number of nitrogens with zero attached hydrogens (tertiary/aromatic N) is 1. The first-order chi connectivity index (χ1) is 8.44. The van der Waals surface area contributed by atoms with E-state index < -0.39 is 34.4 Å². The molecule has 110 valence electrons. The molecule has 0 aromatic heterocycles. The van der Waals surface area contributed by atoms with Gasteiger partial charge in [0, 0.05) is 0 Å². The van der Waals surface area contributed by atoms with Crippen molar-refractivity contribution >= 4 is 18.1 Å². The van der Waals surface area contributed by atoms with Crippen molar-refractivity contribution in [1.82, 2.24) is 5.32 Å². The Labute approximate surface area is 111 Å². The first-order valence-corrected chi connectivity index (χ1v) is 5.63. The van der Waals surface area contributed by atoms with Gasteiger partial charge >= 0.3 is 18.1 Å². The summed E-state index contributed by atoms with van der Waals surface area (Å²) in [5, 5.41) is 11.2. The monoisotopic (exact) mass is 277 g/mol. The van der Waals surface area contributed by atoms with Gasteiger partial charge in [-0.1, -0.05) is 0 Å². The number of likely N-dealkylation sites (N-methyl/N-ethyl adjacent to an activating group) is 1. The summed E-state index contributed by atoms with van der Waals surface area (Å²) in [5.74, 6) is -0.833. The molecule has 0 rings (SSSR count). The molecule has 0 bridgehead atoms. The Morgan fingerprint density at radius 1 is 1.26 bits per heavy atom. The highest BCUT2D eigenvalue weighted by Crippen LogP contribution is 2.10. The minimum absolute atomic E-state index is 0.709. The van der Waals surface area contributed by atoms with Crippen molar-refractivity contribution in [1.29, 1.82) is 0 Å². The normalized spacial score (nSPS) is 16.1. The summed E-state index contributed by atoms with van der Waals surface area (Å²) in [7, 11) is 2.16. The summed E-state index contributed by atoms with van der Waals surface area (Å²) in [6, 6.07) is -1.07. The van der Waals surface area contributed by atoms with Crippen LogP contribution in [0, 0.1) is 0 Å². The first-order valence-electron chi connectivity index (χ1n) is 5.63. The molecule has 0 saturated heterocycles. The van der Waals surface area contributed by atoms with Crippen molar-refractivity contribution in [2.45, 2.75) is 39.3 Å². The number of carbonyl (C=O) groups excluding carboxylic acids is 2. The number of ether oxygens (including phenoxy) is 1. The van der Waals surface area contributed by atoms with Gasteiger partial charge < -0.3 is 15.2 Å². The Hall–Kier alpha value is -1.67. The first kappa shape index (κ1) is 17.3. The molecular formula is C11H21N2O6+. The number of carbonyl (C=O) groups is 3. The van der Waals surface area contributed by atoms with E-state index in [1.165, 1.54) is 6.92 Å². The highest BCUT2D eigenvalue weighted by atomic mass is 16.7. The zero-order valence-electron chi connectivity index (χ0n) is 12.0. The van der Waals surface area contributed by atoms with Gasteiger partial charge in [-0.05, 0) is 32.3 Å². The van der Waals surface area contributed by atoms with E-state index in [4.69, 9.17) is 9.84 Å². The summed E-state index contributed by atoms with van der Waals surface area (Å²) in [6.07, 6.45) is -2.29. The van der Waals surface area contributed by atoms with Gasteiger partial charge in [-0.25, -0.2) is 9.59 Å². The third-order valence-corrected chi connectivity index (χ3v) is 2.25. The van der Waals surface area contributed by atoms with E-state index in [1.807, 2.05) is 0 Å². The lowest BCUT2D eigenvalue weighted by Gasteiger charge is -2.25. The lowest BCUT2D eigenvalue weighted by Crippen LogP contribution is -2.59. The molecule has 2 atom stereocenters. The third kappa shape index (κ3) is 4.84. The summed E-state index contributed by atoms with van der Waals surface area (Å²) in [5.41, 5.74) is -0.709. The van der Waals surface area contributed by atoms with Gasteiger partial charge in [-0.15, -0.1) is 0 Å². The van der Waals surface area contributed by atoms with Crippen LogP contribution in [0.2, 0.25) is 0 Å². The van der Waals surface area contributed by atoms with Gasteiger partial charge in [-0.3, -0.25) is 0 Å². The predicted molar refractivity (Wildman–Crippen MR) is 65.1 cm³/mol. The second-order valence-electron chi connectivity index (χ2n) is 5.10. The molecule has 0 heterocycles. The minimum atomic E-state index is -1.48. The van der Waals surface area contributed by atoms with Crippen LogP contribution in [0.1, 0.15) is 27.7 Å². The molecule has 0 aliphatic carbocycles. The van der Waals surface area contributed by atoms with Crippen molar-refractivity contribution in [2.75, 3.05) is 14.2 Å². The van der Waals surface area contributed by atoms with E-state index in [9.17, 15) is 14.4 Å². The van der Waals surface area contributed by atoms with Crippen molar-refractivity contribution in [2.24, 2.45) is 0 Å². The van der Waals surface area contributed by atoms with Gasteiger partial charge in [0.1, 0.15) is 18.7 Å². The van der Waals surface area contributed by atoms with Crippen LogP contribution in [0.4, 0.5) is 9.59 Å². The van der Waals surface area contributed by atoms with Gasteiger partial charge in [0.25, 0.3) is 0 Å². The number of imide groups is 1. The molecule has 2 N–H and O–H groups in total. The molecule has 0 fully saturated rings. The molecular weight excluding hydrogens is 256 g/mol. The lowest BCUT2D eigenvalue weighted by molar-refractivity contribution is -0.963. The van der Waals surface area contributed by atoms with E-state index in [-0.39, 0.29) is 0 Å². The number of hydrogen-bond donors (Lipinski definition) is 2. The van der Waals surface area contributed by atoms with E-state index in [0.717, 1.165) is 14.2 Å². The Kier molecular flexibility index (Phi) is 5.46. The SMILES string of the molecule is CO[N+](C)(C(=O)O)C(=O)[C@H](C)NC(=O)OC(C)(C)C. The van der Waals surface area contributed by atoms with Gasteiger partial charge in [-0.2, -0.15) is 9.63 Å². The summed E-state index contributed by atoms with van der Waals surface area (Å²) >= 11 is 0. The maximum atomic E-state index is 11.9. The Morgan fingerprint density at radius 3 is 2.05 bits per heavy atom. The zero-order valence-corrected chi connectivity index (χ0v) is 12.0. The average Bonchev–Trinajstić information content (AvgIpc) is 2.23. The Morgan fingerprint density at radius 2 is 1.74 bits per heavy atom. The van der Waals surface area contributed by atoms with Crippen LogP contribution in [0.5, 0.6) is 0 Å². The van der Waals surface area contributed by atoms with Crippen LogP contribution in [0.25, 0.3) is 0 Å².